The van der Waals surface area contributed by atoms with Gasteiger partial charge in [-0.1, -0.05) is 54.1 Å². The quantitative estimate of drug-likeness (QED) is 0.880. The van der Waals surface area contributed by atoms with Crippen molar-refractivity contribution < 1.29 is 0 Å². The van der Waals surface area contributed by atoms with Crippen LogP contribution in [0.5, 0.6) is 0 Å². The average molecular weight is 271 g/mol. The molecular formula is C17H21NS. The molecule has 0 fully saturated rings. The van der Waals surface area contributed by atoms with Crippen molar-refractivity contribution in [2.24, 2.45) is 5.73 Å². The van der Waals surface area contributed by atoms with Crippen molar-refractivity contribution >= 4 is 11.8 Å². The zero-order chi connectivity index (χ0) is 13.7. The van der Waals surface area contributed by atoms with Crippen LogP contribution in [0.3, 0.4) is 0 Å². The Morgan fingerprint density at radius 2 is 1.79 bits per heavy atom. The zero-order valence-electron chi connectivity index (χ0n) is 11.6. The van der Waals surface area contributed by atoms with Crippen molar-refractivity contribution in [3.8, 4) is 0 Å². The van der Waals surface area contributed by atoms with Crippen molar-refractivity contribution in [3.05, 3.63) is 70.8 Å². The Kier molecular flexibility index (Phi) is 5.06. The second kappa shape index (κ2) is 6.78. The number of nitrogens with two attached hydrogens (primary N) is 1. The lowest BCUT2D eigenvalue weighted by molar-refractivity contribution is 0.822. The second-order valence-corrected chi connectivity index (χ2v) is 6.00. The van der Waals surface area contributed by atoms with E-state index in [9.17, 15) is 0 Å². The summed E-state index contributed by atoms with van der Waals surface area (Å²) < 4.78 is 0. The molecule has 0 aromatic heterocycles. The van der Waals surface area contributed by atoms with Gasteiger partial charge in [-0.15, -0.1) is 0 Å². The van der Waals surface area contributed by atoms with E-state index in [0.717, 1.165) is 11.5 Å². The first kappa shape index (κ1) is 14.2. The summed E-state index contributed by atoms with van der Waals surface area (Å²) >= 11 is 1.90. The normalized spacial score (nSPS) is 12.4. The monoisotopic (exact) mass is 271 g/mol. The Bertz CT molecular complexity index is 522. The minimum absolute atomic E-state index is 0.120. The minimum atomic E-state index is 0.120. The van der Waals surface area contributed by atoms with Crippen LogP contribution in [0.1, 0.15) is 28.3 Å². The van der Waals surface area contributed by atoms with Gasteiger partial charge in [0.2, 0.25) is 0 Å². The summed E-state index contributed by atoms with van der Waals surface area (Å²) in [6.07, 6.45) is 0. The van der Waals surface area contributed by atoms with Crippen LogP contribution in [0.15, 0.2) is 48.5 Å². The highest BCUT2D eigenvalue weighted by Crippen LogP contribution is 2.22. The number of benzene rings is 2. The van der Waals surface area contributed by atoms with Crippen LogP contribution in [-0.4, -0.2) is 5.75 Å². The SMILES string of the molecule is Cc1ccc(C(N)CSCc2ccccc2)c(C)c1. The lowest BCUT2D eigenvalue weighted by Gasteiger charge is -2.15. The van der Waals surface area contributed by atoms with Gasteiger partial charge < -0.3 is 5.73 Å². The predicted octanol–water partition coefficient (Wildman–Crippen LogP) is 4.24. The van der Waals surface area contributed by atoms with E-state index < -0.39 is 0 Å². The number of rotatable bonds is 5. The van der Waals surface area contributed by atoms with Gasteiger partial charge in [-0.25, -0.2) is 0 Å². The average Bonchev–Trinajstić information content (AvgIpc) is 2.39. The van der Waals surface area contributed by atoms with Crippen LogP contribution < -0.4 is 5.73 Å². The molecule has 100 valence electrons. The van der Waals surface area contributed by atoms with E-state index in [2.05, 4.69) is 62.4 Å². The highest BCUT2D eigenvalue weighted by molar-refractivity contribution is 7.98. The maximum absolute atomic E-state index is 6.29. The third-order valence-corrected chi connectivity index (χ3v) is 4.37. The Labute approximate surface area is 120 Å². The predicted molar refractivity (Wildman–Crippen MR) is 85.4 cm³/mol. The molecule has 0 aliphatic carbocycles. The topological polar surface area (TPSA) is 26.0 Å². The number of aryl methyl sites for hydroxylation is 2. The molecular weight excluding hydrogens is 250 g/mol. The molecule has 0 amide bonds. The van der Waals surface area contributed by atoms with Crippen LogP contribution in [0.25, 0.3) is 0 Å². The smallest absolute Gasteiger partial charge is 0.0389 e. The van der Waals surface area contributed by atoms with E-state index in [1.807, 2.05) is 11.8 Å². The first-order valence-corrected chi connectivity index (χ1v) is 7.76. The Hall–Kier alpha value is -1.25. The summed E-state index contributed by atoms with van der Waals surface area (Å²) in [5, 5.41) is 0. The number of thioether (sulfide) groups is 1. The third kappa shape index (κ3) is 4.12. The molecule has 0 bridgehead atoms. The molecule has 0 saturated heterocycles. The molecule has 0 radical (unpaired) electrons. The van der Waals surface area contributed by atoms with Crippen LogP contribution in [-0.2, 0) is 5.75 Å². The Balaban J connectivity index is 1.89. The first-order chi connectivity index (χ1) is 9.16. The number of hydrogen-bond acceptors (Lipinski definition) is 2. The Morgan fingerprint density at radius 3 is 2.47 bits per heavy atom. The molecule has 2 rings (SSSR count). The van der Waals surface area contributed by atoms with Crippen LogP contribution in [0, 0.1) is 13.8 Å². The fourth-order valence-electron chi connectivity index (χ4n) is 2.21. The van der Waals surface area contributed by atoms with Gasteiger partial charge in [-0.2, -0.15) is 11.8 Å². The summed E-state index contributed by atoms with van der Waals surface area (Å²) in [5.74, 6) is 1.98. The molecule has 2 N–H and O–H groups in total. The molecule has 2 aromatic carbocycles. The van der Waals surface area contributed by atoms with E-state index >= 15 is 0 Å². The highest BCUT2D eigenvalue weighted by atomic mass is 32.2. The lowest BCUT2D eigenvalue weighted by atomic mass is 10.0. The van der Waals surface area contributed by atoms with Gasteiger partial charge in [0, 0.05) is 17.5 Å². The standard InChI is InChI=1S/C17H21NS/c1-13-8-9-16(14(2)10-13)17(18)12-19-11-15-6-4-3-5-7-15/h3-10,17H,11-12,18H2,1-2H3. The first-order valence-electron chi connectivity index (χ1n) is 6.61. The molecule has 19 heavy (non-hydrogen) atoms. The fourth-order valence-corrected chi connectivity index (χ4v) is 3.19. The maximum Gasteiger partial charge on any atom is 0.0389 e. The van der Waals surface area contributed by atoms with Gasteiger partial charge in [0.05, 0.1) is 0 Å². The Morgan fingerprint density at radius 1 is 1.05 bits per heavy atom. The van der Waals surface area contributed by atoms with Crippen molar-refractivity contribution in [3.63, 3.8) is 0 Å². The summed E-state index contributed by atoms with van der Waals surface area (Å²) in [6.45, 7) is 4.26. The fraction of sp³-hybridized carbons (Fsp3) is 0.294. The zero-order valence-corrected chi connectivity index (χ0v) is 12.4. The molecule has 0 saturated carbocycles. The van der Waals surface area contributed by atoms with E-state index in [4.69, 9.17) is 5.73 Å². The number of hydrogen-bond donors (Lipinski definition) is 1. The van der Waals surface area contributed by atoms with Crippen LogP contribution >= 0.6 is 11.8 Å². The van der Waals surface area contributed by atoms with Crippen LogP contribution in [0.4, 0.5) is 0 Å². The van der Waals surface area contributed by atoms with Gasteiger partial charge in [-0.05, 0) is 30.5 Å². The molecule has 1 unspecified atom stereocenters. The maximum atomic E-state index is 6.29. The molecule has 1 atom stereocenters. The third-order valence-electron chi connectivity index (χ3n) is 3.23. The van der Waals surface area contributed by atoms with Crippen molar-refractivity contribution in [1.82, 2.24) is 0 Å². The molecule has 1 nitrogen and oxygen atoms in total. The molecule has 0 heterocycles. The van der Waals surface area contributed by atoms with Crippen molar-refractivity contribution in [2.45, 2.75) is 25.6 Å². The minimum Gasteiger partial charge on any atom is -0.323 e. The summed E-state index contributed by atoms with van der Waals surface area (Å²) in [7, 11) is 0. The van der Waals surface area contributed by atoms with E-state index in [1.165, 1.54) is 22.3 Å². The van der Waals surface area contributed by atoms with Gasteiger partial charge in [-0.3, -0.25) is 0 Å². The second-order valence-electron chi connectivity index (χ2n) is 4.97. The molecule has 0 aliphatic rings. The van der Waals surface area contributed by atoms with Gasteiger partial charge >= 0.3 is 0 Å². The van der Waals surface area contributed by atoms with E-state index in [-0.39, 0.29) is 6.04 Å². The van der Waals surface area contributed by atoms with Gasteiger partial charge in [0.1, 0.15) is 0 Å². The van der Waals surface area contributed by atoms with E-state index in [1.54, 1.807) is 0 Å². The largest absolute Gasteiger partial charge is 0.323 e. The molecule has 2 aromatic rings. The molecule has 2 heteroatoms. The summed E-state index contributed by atoms with van der Waals surface area (Å²) in [6, 6.07) is 17.2. The summed E-state index contributed by atoms with van der Waals surface area (Å²) in [5.41, 5.74) is 11.5. The highest BCUT2D eigenvalue weighted by Gasteiger charge is 2.09. The molecule has 0 aliphatic heterocycles. The lowest BCUT2D eigenvalue weighted by Crippen LogP contribution is -2.14. The van der Waals surface area contributed by atoms with E-state index in [0.29, 0.717) is 0 Å². The molecule has 0 spiro atoms. The van der Waals surface area contributed by atoms with Gasteiger partial charge in [0.15, 0.2) is 0 Å². The summed E-state index contributed by atoms with van der Waals surface area (Å²) in [4.78, 5) is 0. The van der Waals surface area contributed by atoms with Gasteiger partial charge in [0.25, 0.3) is 0 Å². The van der Waals surface area contributed by atoms with Crippen LogP contribution in [0.2, 0.25) is 0 Å². The van der Waals surface area contributed by atoms with Crippen molar-refractivity contribution in [2.75, 3.05) is 5.75 Å². The van der Waals surface area contributed by atoms with Crippen molar-refractivity contribution in [1.29, 1.82) is 0 Å².